The molecule has 6 aromatic rings. The van der Waals surface area contributed by atoms with E-state index in [-0.39, 0.29) is 24.4 Å². The molecule has 64 heavy (non-hydrogen) atoms. The number of hydrogen-bond acceptors (Lipinski definition) is 8. The third kappa shape index (κ3) is 9.91. The Morgan fingerprint density at radius 1 is 0.859 bits per heavy atom. The number of ether oxygens (including phenoxy) is 1. The van der Waals surface area contributed by atoms with Gasteiger partial charge in [0, 0.05) is 36.8 Å². The van der Waals surface area contributed by atoms with Crippen molar-refractivity contribution >= 4 is 29.5 Å². The van der Waals surface area contributed by atoms with Crippen LogP contribution < -0.4 is 5.32 Å². The fourth-order valence-corrected chi connectivity index (χ4v) is 9.11. The number of amides is 3. The molecule has 14 heteroatoms. The summed E-state index contributed by atoms with van der Waals surface area (Å²) in [6.45, 7) is 6.49. The summed E-state index contributed by atoms with van der Waals surface area (Å²) < 4.78 is 4.82. The number of alkyl carbamates (subject to hydrolysis) is 1. The van der Waals surface area contributed by atoms with Crippen LogP contribution in [0.1, 0.15) is 86.9 Å². The molecule has 2 aromatic heterocycles. The first-order valence-electron chi connectivity index (χ1n) is 22.0. The van der Waals surface area contributed by atoms with Crippen molar-refractivity contribution in [1.29, 1.82) is 0 Å². The maximum absolute atomic E-state index is 14.5. The standard InChI is InChI=1S/C50H55ClN8O5/c1-4-26-58(47(60)44(56-49(62)64-3)38-13-8-9-14-39(38)51)32-43-52-30-40(54-43)35-20-16-33(17-21-35)34-18-22-36(23-19-34)41-31-53-46(55-41)42-15-10-27-59(42)48(61)45(37-11-6-5-7-12-37)57-28-24-50(2,63)25-29-57/h5-9,11-14,16-23,30-31,42,44-45,63H,4,10,15,24-29,32H2,1-3H3,(H,52,54)(H,53,55)(H,56,62)/t42-,44+,45+/m0/s1. The van der Waals surface area contributed by atoms with Gasteiger partial charge in [0.2, 0.25) is 11.8 Å². The molecule has 2 saturated heterocycles. The number of nitrogens with one attached hydrogen (secondary N) is 3. The summed E-state index contributed by atoms with van der Waals surface area (Å²) in [6.07, 6.45) is 6.57. The minimum atomic E-state index is -1.04. The first-order chi connectivity index (χ1) is 31.0. The highest BCUT2D eigenvalue weighted by molar-refractivity contribution is 6.31. The normalized spacial score (nSPS) is 17.1. The topological polar surface area (TPSA) is 160 Å². The van der Waals surface area contributed by atoms with E-state index in [1.807, 2.05) is 67.4 Å². The smallest absolute Gasteiger partial charge is 0.407 e. The molecule has 2 aliphatic rings. The number of halogens is 1. The summed E-state index contributed by atoms with van der Waals surface area (Å²) in [7, 11) is 1.25. The molecule has 0 saturated carbocycles. The van der Waals surface area contributed by atoms with Crippen LogP contribution in [0.5, 0.6) is 0 Å². The van der Waals surface area contributed by atoms with Crippen molar-refractivity contribution in [3.05, 3.63) is 143 Å². The number of benzene rings is 4. The van der Waals surface area contributed by atoms with Crippen LogP contribution in [0.25, 0.3) is 33.6 Å². The molecule has 2 fully saturated rings. The van der Waals surface area contributed by atoms with Crippen LogP contribution >= 0.6 is 11.6 Å². The fourth-order valence-electron chi connectivity index (χ4n) is 8.87. The van der Waals surface area contributed by atoms with Crippen LogP contribution in [-0.2, 0) is 20.9 Å². The summed E-state index contributed by atoms with van der Waals surface area (Å²) in [4.78, 5) is 62.9. The van der Waals surface area contributed by atoms with E-state index in [4.69, 9.17) is 21.3 Å². The highest BCUT2D eigenvalue weighted by Gasteiger charge is 2.41. The van der Waals surface area contributed by atoms with E-state index in [1.54, 1.807) is 35.4 Å². The Hall–Kier alpha value is -6.28. The van der Waals surface area contributed by atoms with Crippen molar-refractivity contribution in [3.8, 4) is 33.6 Å². The average Bonchev–Trinajstić information content (AvgIpc) is 4.12. The minimum Gasteiger partial charge on any atom is -0.453 e. The second kappa shape index (κ2) is 19.6. The first-order valence-corrected chi connectivity index (χ1v) is 22.4. The van der Waals surface area contributed by atoms with Crippen LogP contribution in [-0.4, -0.2) is 96.5 Å². The lowest BCUT2D eigenvalue weighted by Gasteiger charge is -2.41. The monoisotopic (exact) mass is 882 g/mol. The van der Waals surface area contributed by atoms with Gasteiger partial charge in [0.05, 0.1) is 49.1 Å². The van der Waals surface area contributed by atoms with Crippen molar-refractivity contribution in [2.75, 3.05) is 33.3 Å². The minimum absolute atomic E-state index is 0.0804. The zero-order chi connectivity index (χ0) is 44.8. The van der Waals surface area contributed by atoms with E-state index < -0.39 is 23.8 Å². The van der Waals surface area contributed by atoms with Gasteiger partial charge < -0.3 is 34.9 Å². The molecular weight excluding hydrogens is 828 g/mol. The van der Waals surface area contributed by atoms with Crippen molar-refractivity contribution in [2.24, 2.45) is 0 Å². The summed E-state index contributed by atoms with van der Waals surface area (Å²) >= 11 is 6.46. The predicted molar refractivity (Wildman–Crippen MR) is 247 cm³/mol. The number of aromatic amines is 2. The number of likely N-dealkylation sites (tertiary alicyclic amines) is 2. The van der Waals surface area contributed by atoms with Crippen LogP contribution in [0.3, 0.4) is 0 Å². The molecule has 3 atom stereocenters. The lowest BCUT2D eigenvalue weighted by molar-refractivity contribution is -0.140. The summed E-state index contributed by atoms with van der Waals surface area (Å²) in [6, 6.07) is 31.9. The highest BCUT2D eigenvalue weighted by Crippen LogP contribution is 2.38. The van der Waals surface area contributed by atoms with Crippen LogP contribution in [0.15, 0.2) is 116 Å². The maximum Gasteiger partial charge on any atom is 0.407 e. The van der Waals surface area contributed by atoms with Gasteiger partial charge in [0.1, 0.15) is 23.7 Å². The van der Waals surface area contributed by atoms with Gasteiger partial charge in [-0.05, 0) is 72.9 Å². The van der Waals surface area contributed by atoms with Gasteiger partial charge in [0.15, 0.2) is 0 Å². The Morgan fingerprint density at radius 2 is 1.47 bits per heavy atom. The van der Waals surface area contributed by atoms with Crippen LogP contribution in [0, 0.1) is 0 Å². The van der Waals surface area contributed by atoms with E-state index in [9.17, 15) is 19.5 Å². The number of carbonyl (C=O) groups excluding carboxylic acids is 3. The summed E-state index contributed by atoms with van der Waals surface area (Å²) in [5.41, 5.74) is 6.49. The predicted octanol–water partition coefficient (Wildman–Crippen LogP) is 8.87. The van der Waals surface area contributed by atoms with Gasteiger partial charge >= 0.3 is 6.09 Å². The second-order valence-electron chi connectivity index (χ2n) is 17.0. The van der Waals surface area contributed by atoms with Crippen molar-refractivity contribution in [3.63, 3.8) is 0 Å². The van der Waals surface area contributed by atoms with Crippen molar-refractivity contribution < 1.29 is 24.2 Å². The number of piperidine rings is 1. The maximum atomic E-state index is 14.5. The van der Waals surface area contributed by atoms with Gasteiger partial charge in [-0.2, -0.15) is 0 Å². The lowest BCUT2D eigenvalue weighted by Crippen LogP contribution is -2.49. The molecule has 332 valence electrons. The number of hydrogen-bond donors (Lipinski definition) is 4. The molecule has 4 aromatic carbocycles. The van der Waals surface area contributed by atoms with Crippen molar-refractivity contribution in [1.82, 2.24) is 40.0 Å². The zero-order valence-electron chi connectivity index (χ0n) is 36.5. The Kier molecular flexibility index (Phi) is 13.6. The SMILES string of the molecule is CCCN(Cc1ncc(-c2ccc(-c3ccc(-c4cnc([C@@H]5CCCN5C(=O)[C@@H](c5ccccc5)N5CCC(C)(O)CC5)[nH]4)cc3)cc2)[nH]1)C(=O)[C@H](NC(=O)OC)c1ccccc1Cl. The van der Waals surface area contributed by atoms with E-state index in [0.717, 1.165) is 57.9 Å². The van der Waals surface area contributed by atoms with E-state index >= 15 is 0 Å². The molecule has 8 rings (SSSR count). The average molecular weight is 883 g/mol. The fraction of sp³-hybridized carbons (Fsp3) is 0.340. The largest absolute Gasteiger partial charge is 0.453 e. The number of carbonyl (C=O) groups is 3. The molecule has 3 amide bonds. The Labute approximate surface area is 378 Å². The lowest BCUT2D eigenvalue weighted by atomic mass is 9.91. The van der Waals surface area contributed by atoms with Crippen LogP contribution in [0.4, 0.5) is 4.79 Å². The molecule has 0 unspecified atom stereocenters. The molecule has 13 nitrogen and oxygen atoms in total. The molecule has 4 N–H and O–H groups in total. The summed E-state index contributed by atoms with van der Waals surface area (Å²) in [5, 5.41) is 13.7. The quantitative estimate of drug-likeness (QED) is 0.0845. The number of rotatable bonds is 14. The van der Waals surface area contributed by atoms with E-state index in [1.165, 1.54) is 7.11 Å². The molecule has 2 aliphatic heterocycles. The van der Waals surface area contributed by atoms with Crippen molar-refractivity contribution in [2.45, 2.75) is 76.2 Å². The van der Waals surface area contributed by atoms with Gasteiger partial charge in [-0.25, -0.2) is 14.8 Å². The molecular formula is C50H55ClN8O5. The van der Waals surface area contributed by atoms with E-state index in [0.29, 0.717) is 61.9 Å². The number of aliphatic hydroxyl groups is 1. The van der Waals surface area contributed by atoms with Crippen LogP contribution in [0.2, 0.25) is 5.02 Å². The molecule has 0 radical (unpaired) electrons. The van der Waals surface area contributed by atoms with Gasteiger partial charge in [0.25, 0.3) is 0 Å². The number of aromatic nitrogens is 4. The zero-order valence-corrected chi connectivity index (χ0v) is 37.2. The second-order valence-corrected chi connectivity index (χ2v) is 17.4. The molecule has 0 bridgehead atoms. The summed E-state index contributed by atoms with van der Waals surface area (Å²) in [5.74, 6) is 1.15. The number of nitrogens with zero attached hydrogens (tertiary/aromatic N) is 5. The third-order valence-corrected chi connectivity index (χ3v) is 12.8. The number of imidazole rings is 2. The molecule has 4 heterocycles. The highest BCUT2D eigenvalue weighted by atomic mass is 35.5. The number of methoxy groups -OCH3 is 1. The Bertz CT molecular complexity index is 2530. The van der Waals surface area contributed by atoms with Gasteiger partial charge in [-0.1, -0.05) is 116 Å². The van der Waals surface area contributed by atoms with Gasteiger partial charge in [-0.15, -0.1) is 0 Å². The van der Waals surface area contributed by atoms with Gasteiger partial charge in [-0.3, -0.25) is 14.5 Å². The Morgan fingerprint density at radius 3 is 2.11 bits per heavy atom. The molecule has 0 spiro atoms. The molecule has 0 aliphatic carbocycles. The first kappa shape index (κ1) is 44.3. The third-order valence-electron chi connectivity index (χ3n) is 12.4. The van der Waals surface area contributed by atoms with E-state index in [2.05, 4.69) is 61.6 Å². The Balaban J connectivity index is 0.923. The number of H-pyrrole nitrogens is 2.